The van der Waals surface area contributed by atoms with Crippen LogP contribution in [0.15, 0.2) is 36.4 Å². The average Bonchev–Trinajstić information content (AvgIpc) is 2.67. The SMILES string of the molecule is C[C@@H]1CN(C(=O)Nc2ccc(Cl)c(Cl)c2)CCN1C(=O)Nc1ccc(Cl)c(Cl)c1. The van der Waals surface area contributed by atoms with Gasteiger partial charge in [-0.15, -0.1) is 0 Å². The van der Waals surface area contributed by atoms with E-state index >= 15 is 0 Å². The van der Waals surface area contributed by atoms with Crippen LogP contribution in [0, 0.1) is 0 Å². The molecule has 154 valence electrons. The Labute approximate surface area is 188 Å². The van der Waals surface area contributed by atoms with Crippen LogP contribution in [0.4, 0.5) is 21.0 Å². The molecule has 1 atom stereocenters. The normalized spacial score (nSPS) is 16.5. The van der Waals surface area contributed by atoms with E-state index in [9.17, 15) is 9.59 Å². The van der Waals surface area contributed by atoms with Crippen LogP contribution in [0.3, 0.4) is 0 Å². The van der Waals surface area contributed by atoms with Gasteiger partial charge in [-0.25, -0.2) is 9.59 Å². The predicted octanol–water partition coefficient (Wildman–Crippen LogP) is 6.07. The lowest BCUT2D eigenvalue weighted by molar-refractivity contribution is 0.124. The second-order valence-corrected chi connectivity index (χ2v) is 8.24. The molecule has 2 aromatic carbocycles. The summed E-state index contributed by atoms with van der Waals surface area (Å²) in [5, 5.41) is 7.15. The molecular weight excluding hydrogens is 458 g/mol. The molecule has 2 aromatic rings. The van der Waals surface area contributed by atoms with Crippen molar-refractivity contribution in [2.75, 3.05) is 30.3 Å². The van der Waals surface area contributed by atoms with Crippen molar-refractivity contribution in [1.29, 1.82) is 0 Å². The third kappa shape index (κ3) is 5.39. The van der Waals surface area contributed by atoms with Crippen molar-refractivity contribution >= 4 is 69.8 Å². The Bertz CT molecular complexity index is 940. The van der Waals surface area contributed by atoms with Crippen LogP contribution in [0.25, 0.3) is 0 Å². The molecule has 6 nitrogen and oxygen atoms in total. The van der Waals surface area contributed by atoms with Crippen molar-refractivity contribution in [3.05, 3.63) is 56.5 Å². The van der Waals surface area contributed by atoms with Gasteiger partial charge in [-0.05, 0) is 43.3 Å². The number of hydrogen-bond donors (Lipinski definition) is 2. The maximum absolute atomic E-state index is 12.6. The van der Waals surface area contributed by atoms with Crippen LogP contribution in [0.5, 0.6) is 0 Å². The molecule has 3 rings (SSSR count). The van der Waals surface area contributed by atoms with Crippen molar-refractivity contribution in [3.63, 3.8) is 0 Å². The summed E-state index contributed by atoms with van der Waals surface area (Å²) < 4.78 is 0. The van der Waals surface area contributed by atoms with Gasteiger partial charge in [0.2, 0.25) is 0 Å². The zero-order chi connectivity index (χ0) is 21.1. The highest BCUT2D eigenvalue weighted by Gasteiger charge is 2.30. The number of carbonyl (C=O) groups excluding carboxylic acids is 2. The first kappa shape index (κ1) is 21.8. The number of nitrogens with one attached hydrogen (secondary N) is 2. The van der Waals surface area contributed by atoms with Gasteiger partial charge >= 0.3 is 12.1 Å². The van der Waals surface area contributed by atoms with Crippen LogP contribution in [0.2, 0.25) is 20.1 Å². The van der Waals surface area contributed by atoms with Gasteiger partial charge in [-0.1, -0.05) is 46.4 Å². The second-order valence-electron chi connectivity index (χ2n) is 6.61. The van der Waals surface area contributed by atoms with E-state index in [0.29, 0.717) is 51.1 Å². The molecule has 2 N–H and O–H groups in total. The molecule has 0 aromatic heterocycles. The Morgan fingerprint density at radius 3 is 1.83 bits per heavy atom. The van der Waals surface area contributed by atoms with Crippen molar-refractivity contribution in [2.45, 2.75) is 13.0 Å². The van der Waals surface area contributed by atoms with Crippen molar-refractivity contribution < 1.29 is 9.59 Å². The van der Waals surface area contributed by atoms with E-state index in [1.165, 1.54) is 0 Å². The van der Waals surface area contributed by atoms with E-state index < -0.39 is 0 Å². The van der Waals surface area contributed by atoms with Gasteiger partial charge in [0, 0.05) is 37.1 Å². The summed E-state index contributed by atoms with van der Waals surface area (Å²) in [4.78, 5) is 28.5. The Kier molecular flexibility index (Phi) is 7.01. The average molecular weight is 476 g/mol. The minimum atomic E-state index is -0.264. The minimum absolute atomic E-state index is 0.175. The third-order valence-electron chi connectivity index (χ3n) is 4.52. The fourth-order valence-electron chi connectivity index (χ4n) is 2.99. The molecule has 0 radical (unpaired) electrons. The first-order chi connectivity index (χ1) is 13.7. The third-order valence-corrected chi connectivity index (χ3v) is 6.00. The number of halogens is 4. The number of hydrogen-bond acceptors (Lipinski definition) is 2. The van der Waals surface area contributed by atoms with Crippen molar-refractivity contribution in [1.82, 2.24) is 9.80 Å². The topological polar surface area (TPSA) is 64.7 Å². The van der Waals surface area contributed by atoms with Crippen molar-refractivity contribution in [2.24, 2.45) is 0 Å². The fourth-order valence-corrected chi connectivity index (χ4v) is 3.59. The van der Waals surface area contributed by atoms with E-state index in [4.69, 9.17) is 46.4 Å². The van der Waals surface area contributed by atoms with E-state index in [1.807, 2.05) is 6.92 Å². The van der Waals surface area contributed by atoms with Gasteiger partial charge in [0.1, 0.15) is 0 Å². The van der Waals surface area contributed by atoms with E-state index in [-0.39, 0.29) is 18.1 Å². The van der Waals surface area contributed by atoms with Crippen LogP contribution >= 0.6 is 46.4 Å². The molecule has 1 saturated heterocycles. The molecule has 1 aliphatic heterocycles. The zero-order valence-corrected chi connectivity index (χ0v) is 18.4. The van der Waals surface area contributed by atoms with Gasteiger partial charge in [-0.2, -0.15) is 0 Å². The highest BCUT2D eigenvalue weighted by atomic mass is 35.5. The molecule has 1 aliphatic rings. The Balaban J connectivity index is 1.57. The molecule has 0 unspecified atom stereocenters. The van der Waals surface area contributed by atoms with Crippen molar-refractivity contribution in [3.8, 4) is 0 Å². The standard InChI is InChI=1S/C19H18Cl4N4O2/c1-11-10-26(18(28)24-12-2-4-14(20)16(22)8-12)6-7-27(11)19(29)25-13-3-5-15(21)17(23)9-13/h2-5,8-9,11H,6-7,10H2,1H3,(H,24,28)(H,25,29)/t11-/m1/s1. The summed E-state index contributed by atoms with van der Waals surface area (Å²) in [5.74, 6) is 0. The van der Waals surface area contributed by atoms with Gasteiger partial charge in [0.25, 0.3) is 0 Å². The molecule has 0 saturated carbocycles. The number of piperazine rings is 1. The number of anilines is 2. The molecule has 10 heteroatoms. The molecule has 1 fully saturated rings. The van der Waals surface area contributed by atoms with E-state index in [1.54, 1.807) is 46.2 Å². The van der Waals surface area contributed by atoms with Gasteiger partial charge in [-0.3, -0.25) is 0 Å². The summed E-state index contributed by atoms with van der Waals surface area (Å²) in [6.45, 7) is 3.06. The quantitative estimate of drug-likeness (QED) is 0.553. The number of urea groups is 2. The summed E-state index contributed by atoms with van der Waals surface area (Å²) in [5.41, 5.74) is 1.10. The van der Waals surface area contributed by atoms with E-state index in [0.717, 1.165) is 0 Å². The number of nitrogens with zero attached hydrogens (tertiary/aromatic N) is 2. The number of carbonyl (C=O) groups is 2. The largest absolute Gasteiger partial charge is 0.322 e. The maximum Gasteiger partial charge on any atom is 0.322 e. The second kappa shape index (κ2) is 9.30. The van der Waals surface area contributed by atoms with Gasteiger partial charge in [0.15, 0.2) is 0 Å². The van der Waals surface area contributed by atoms with Crippen LogP contribution in [-0.2, 0) is 0 Å². The highest BCUT2D eigenvalue weighted by Crippen LogP contribution is 2.26. The first-order valence-corrected chi connectivity index (χ1v) is 10.3. The summed E-state index contributed by atoms with van der Waals surface area (Å²) >= 11 is 23.8. The molecule has 4 amide bonds. The Morgan fingerprint density at radius 2 is 1.34 bits per heavy atom. The summed E-state index contributed by atoms with van der Waals surface area (Å²) in [6.07, 6.45) is 0. The molecular formula is C19H18Cl4N4O2. The molecule has 0 spiro atoms. The fraction of sp³-hybridized carbons (Fsp3) is 0.263. The predicted molar refractivity (Wildman–Crippen MR) is 119 cm³/mol. The number of amides is 4. The zero-order valence-electron chi connectivity index (χ0n) is 15.4. The Hall–Kier alpha value is -1.86. The van der Waals surface area contributed by atoms with Crippen LogP contribution in [0.1, 0.15) is 6.92 Å². The molecule has 0 bridgehead atoms. The molecule has 0 aliphatic carbocycles. The van der Waals surface area contributed by atoms with Crippen LogP contribution in [-0.4, -0.2) is 47.5 Å². The number of benzene rings is 2. The van der Waals surface area contributed by atoms with E-state index in [2.05, 4.69) is 10.6 Å². The smallest absolute Gasteiger partial charge is 0.321 e. The summed E-state index contributed by atoms with van der Waals surface area (Å²) in [6, 6.07) is 9.07. The van der Waals surface area contributed by atoms with Crippen LogP contribution < -0.4 is 10.6 Å². The minimum Gasteiger partial charge on any atom is -0.321 e. The highest BCUT2D eigenvalue weighted by molar-refractivity contribution is 6.42. The lowest BCUT2D eigenvalue weighted by Gasteiger charge is -2.39. The monoisotopic (exact) mass is 474 g/mol. The maximum atomic E-state index is 12.6. The molecule has 1 heterocycles. The number of rotatable bonds is 2. The summed E-state index contributed by atoms with van der Waals surface area (Å²) in [7, 11) is 0. The Morgan fingerprint density at radius 1 is 0.828 bits per heavy atom. The lowest BCUT2D eigenvalue weighted by Crippen LogP contribution is -2.57. The van der Waals surface area contributed by atoms with Gasteiger partial charge < -0.3 is 20.4 Å². The first-order valence-electron chi connectivity index (χ1n) is 8.78. The lowest BCUT2D eigenvalue weighted by atomic mass is 10.2. The van der Waals surface area contributed by atoms with Gasteiger partial charge in [0.05, 0.1) is 20.1 Å². The molecule has 29 heavy (non-hydrogen) atoms.